The summed E-state index contributed by atoms with van der Waals surface area (Å²) in [5.74, 6) is -0.0809. The molecule has 0 bridgehead atoms. The third kappa shape index (κ3) is 3.88. The number of nitrogens with zero attached hydrogens (tertiary/aromatic N) is 2. The second-order valence-electron chi connectivity index (χ2n) is 5.55. The lowest BCUT2D eigenvalue weighted by molar-refractivity contribution is -0.118. The van der Waals surface area contributed by atoms with E-state index in [9.17, 15) is 4.79 Å². The molecule has 2 aromatic carbocycles. The summed E-state index contributed by atoms with van der Waals surface area (Å²) in [6.07, 6.45) is 0. The summed E-state index contributed by atoms with van der Waals surface area (Å²) in [5.41, 5.74) is 2.24. The van der Waals surface area contributed by atoms with Crippen LogP contribution in [0, 0.1) is 18.3 Å². The van der Waals surface area contributed by atoms with Crippen LogP contribution in [0.3, 0.4) is 0 Å². The van der Waals surface area contributed by atoms with Crippen molar-refractivity contribution in [2.75, 3.05) is 11.9 Å². The molecule has 5 nitrogen and oxygen atoms in total. The second-order valence-corrected chi connectivity index (χ2v) is 6.36. The van der Waals surface area contributed by atoms with Crippen LogP contribution in [0.1, 0.15) is 11.3 Å². The molecule has 0 aliphatic rings. The van der Waals surface area contributed by atoms with Gasteiger partial charge in [-0.25, -0.2) is 4.98 Å². The molecule has 3 aromatic rings. The van der Waals surface area contributed by atoms with Crippen LogP contribution in [0.4, 0.5) is 5.69 Å². The van der Waals surface area contributed by atoms with Crippen LogP contribution in [0.15, 0.2) is 42.5 Å². The van der Waals surface area contributed by atoms with E-state index < -0.39 is 0 Å². The molecule has 0 fully saturated rings. The molecule has 0 unspecified atom stereocenters. The molecule has 0 spiro atoms. The Balaban J connectivity index is 1.80. The van der Waals surface area contributed by atoms with Crippen LogP contribution < -0.4 is 10.1 Å². The molecule has 7 heteroatoms. The van der Waals surface area contributed by atoms with Gasteiger partial charge in [0, 0.05) is 16.8 Å². The van der Waals surface area contributed by atoms with Crippen LogP contribution >= 0.6 is 23.2 Å². The molecule has 26 heavy (non-hydrogen) atoms. The predicted octanol–water partition coefficient (Wildman–Crippen LogP) is 4.74. The Bertz CT molecular complexity index is 1040. The Labute approximate surface area is 160 Å². The Morgan fingerprint density at radius 3 is 2.81 bits per heavy atom. The number of halogens is 2. The summed E-state index contributed by atoms with van der Waals surface area (Å²) in [4.78, 5) is 16.6. The number of hydrogen-bond donors (Lipinski definition) is 1. The zero-order chi connectivity index (χ0) is 18.7. The van der Waals surface area contributed by atoms with Gasteiger partial charge >= 0.3 is 0 Å². The van der Waals surface area contributed by atoms with E-state index in [1.54, 1.807) is 30.3 Å². The van der Waals surface area contributed by atoms with Crippen LogP contribution in [-0.4, -0.2) is 17.5 Å². The molecule has 0 saturated heterocycles. The quantitative estimate of drug-likeness (QED) is 0.703. The molecule has 0 aliphatic carbocycles. The van der Waals surface area contributed by atoms with Crippen molar-refractivity contribution in [2.24, 2.45) is 0 Å². The third-order valence-corrected chi connectivity index (χ3v) is 4.19. The number of aryl methyl sites for hydroxylation is 1. The number of aromatic nitrogens is 1. The molecule has 1 aromatic heterocycles. The highest BCUT2D eigenvalue weighted by atomic mass is 35.5. The molecule has 0 aliphatic heterocycles. The number of carbonyl (C=O) groups is 1. The molecule has 0 saturated carbocycles. The van der Waals surface area contributed by atoms with Crippen molar-refractivity contribution in [3.63, 3.8) is 0 Å². The van der Waals surface area contributed by atoms with Crippen molar-refractivity contribution < 1.29 is 9.53 Å². The van der Waals surface area contributed by atoms with Crippen molar-refractivity contribution in [1.29, 1.82) is 5.26 Å². The Hall–Kier alpha value is -2.81. The molecule has 1 amide bonds. The van der Waals surface area contributed by atoms with E-state index in [0.29, 0.717) is 32.9 Å². The smallest absolute Gasteiger partial charge is 0.262 e. The third-order valence-electron chi connectivity index (χ3n) is 3.60. The van der Waals surface area contributed by atoms with Gasteiger partial charge in [-0.15, -0.1) is 0 Å². The van der Waals surface area contributed by atoms with E-state index >= 15 is 0 Å². The number of fused-ring (bicyclic) bond motifs is 1. The van der Waals surface area contributed by atoms with E-state index in [1.165, 1.54) is 0 Å². The first-order valence-corrected chi connectivity index (χ1v) is 8.41. The highest BCUT2D eigenvalue weighted by molar-refractivity contribution is 6.39. The maximum Gasteiger partial charge on any atom is 0.262 e. The van der Waals surface area contributed by atoms with Gasteiger partial charge in [0.05, 0.1) is 21.7 Å². The fourth-order valence-electron chi connectivity index (χ4n) is 2.43. The summed E-state index contributed by atoms with van der Waals surface area (Å²) >= 11 is 12.4. The molecule has 0 atom stereocenters. The van der Waals surface area contributed by atoms with Crippen molar-refractivity contribution in [1.82, 2.24) is 4.98 Å². The first-order valence-electron chi connectivity index (χ1n) is 7.66. The number of anilines is 1. The zero-order valence-corrected chi connectivity index (χ0v) is 15.2. The van der Waals surface area contributed by atoms with Gasteiger partial charge < -0.3 is 10.1 Å². The fraction of sp³-hybridized carbons (Fsp3) is 0.105. The fourth-order valence-corrected chi connectivity index (χ4v) is 3.00. The van der Waals surface area contributed by atoms with Crippen molar-refractivity contribution in [2.45, 2.75) is 6.92 Å². The number of pyridine rings is 1. The number of ether oxygens (including phenoxy) is 1. The highest BCUT2D eigenvalue weighted by Crippen LogP contribution is 2.37. The van der Waals surface area contributed by atoms with E-state index in [2.05, 4.69) is 10.3 Å². The van der Waals surface area contributed by atoms with Crippen LogP contribution in [0.2, 0.25) is 10.0 Å². The molecule has 1 N–H and O–H groups in total. The molecular formula is C19H13Cl2N3O2. The number of nitriles is 1. The molecule has 1 heterocycles. The summed E-state index contributed by atoms with van der Waals surface area (Å²) in [6.45, 7) is 1.58. The monoisotopic (exact) mass is 385 g/mol. The summed E-state index contributed by atoms with van der Waals surface area (Å²) in [6, 6.07) is 13.8. The highest BCUT2D eigenvalue weighted by Gasteiger charge is 2.15. The number of benzene rings is 2. The lowest BCUT2D eigenvalue weighted by atomic mass is 10.2. The Morgan fingerprint density at radius 1 is 1.23 bits per heavy atom. The summed E-state index contributed by atoms with van der Waals surface area (Å²) in [5, 5.41) is 13.0. The van der Waals surface area contributed by atoms with Gasteiger partial charge in [-0.3, -0.25) is 4.79 Å². The van der Waals surface area contributed by atoms with Gasteiger partial charge in [0.25, 0.3) is 5.91 Å². The van der Waals surface area contributed by atoms with Crippen LogP contribution in [0.25, 0.3) is 10.9 Å². The van der Waals surface area contributed by atoms with Gasteiger partial charge in [-0.05, 0) is 43.3 Å². The maximum atomic E-state index is 12.2. The second kappa shape index (κ2) is 7.61. The van der Waals surface area contributed by atoms with Gasteiger partial charge in [0.1, 0.15) is 5.52 Å². The van der Waals surface area contributed by atoms with Crippen molar-refractivity contribution in [3.8, 4) is 11.8 Å². The van der Waals surface area contributed by atoms with Crippen LogP contribution in [-0.2, 0) is 4.79 Å². The first kappa shape index (κ1) is 18.0. The SMILES string of the molecule is Cc1ccc2c(Cl)cc(Cl)c(OCC(=O)Nc3cccc(C#N)c3)c2n1. The largest absolute Gasteiger partial charge is 0.480 e. The average Bonchev–Trinajstić information content (AvgIpc) is 2.61. The topological polar surface area (TPSA) is 75.0 Å². The number of nitrogens with one attached hydrogen (secondary N) is 1. The predicted molar refractivity (Wildman–Crippen MR) is 102 cm³/mol. The molecule has 0 radical (unpaired) electrons. The first-order chi connectivity index (χ1) is 12.5. The Morgan fingerprint density at radius 2 is 2.04 bits per heavy atom. The Kier molecular flexibility index (Phi) is 5.27. The minimum absolute atomic E-state index is 0.261. The minimum Gasteiger partial charge on any atom is -0.480 e. The number of hydrogen-bond acceptors (Lipinski definition) is 4. The average molecular weight is 386 g/mol. The van der Waals surface area contributed by atoms with Crippen molar-refractivity contribution in [3.05, 3.63) is 63.8 Å². The molecule has 130 valence electrons. The normalized spacial score (nSPS) is 10.4. The van der Waals surface area contributed by atoms with Gasteiger partial charge in [0.15, 0.2) is 12.4 Å². The number of carbonyl (C=O) groups excluding carboxylic acids is 1. The minimum atomic E-state index is -0.382. The van der Waals surface area contributed by atoms with Crippen molar-refractivity contribution >= 4 is 45.7 Å². The van der Waals surface area contributed by atoms with E-state index in [1.807, 2.05) is 25.1 Å². The van der Waals surface area contributed by atoms with Gasteiger partial charge in [-0.1, -0.05) is 29.3 Å². The number of amides is 1. The standard InChI is InChI=1S/C19H13Cl2N3O2/c1-11-5-6-14-15(20)8-16(21)19(18(14)23-11)26-10-17(25)24-13-4-2-3-12(7-13)9-22/h2-8H,10H2,1H3,(H,24,25). The van der Waals surface area contributed by atoms with E-state index in [4.69, 9.17) is 33.2 Å². The van der Waals surface area contributed by atoms with Gasteiger partial charge in [-0.2, -0.15) is 5.26 Å². The van der Waals surface area contributed by atoms with E-state index in [0.717, 1.165) is 5.69 Å². The lowest BCUT2D eigenvalue weighted by Crippen LogP contribution is -2.20. The maximum absolute atomic E-state index is 12.2. The number of rotatable bonds is 4. The molecule has 3 rings (SSSR count). The molecular weight excluding hydrogens is 373 g/mol. The lowest BCUT2D eigenvalue weighted by Gasteiger charge is -2.12. The summed E-state index contributed by atoms with van der Waals surface area (Å²) in [7, 11) is 0. The zero-order valence-electron chi connectivity index (χ0n) is 13.7. The summed E-state index contributed by atoms with van der Waals surface area (Å²) < 4.78 is 5.62. The van der Waals surface area contributed by atoms with Crippen LogP contribution in [0.5, 0.6) is 5.75 Å². The van der Waals surface area contributed by atoms with E-state index in [-0.39, 0.29) is 17.5 Å². The van der Waals surface area contributed by atoms with Gasteiger partial charge in [0.2, 0.25) is 0 Å².